The van der Waals surface area contributed by atoms with Gasteiger partial charge in [0.15, 0.2) is 0 Å². The highest BCUT2D eigenvalue weighted by atomic mass is 32.2. The van der Waals surface area contributed by atoms with Crippen LogP contribution in [0.5, 0.6) is 0 Å². The lowest BCUT2D eigenvalue weighted by Gasteiger charge is -2.48. The fourth-order valence-electron chi connectivity index (χ4n) is 4.54. The largest absolute Gasteiger partial charge is 0.379 e. The van der Waals surface area contributed by atoms with Crippen molar-refractivity contribution in [1.82, 2.24) is 9.62 Å². The van der Waals surface area contributed by atoms with Crippen molar-refractivity contribution < 1.29 is 17.9 Å². The molecule has 2 aliphatic heterocycles. The molecule has 0 unspecified atom stereocenters. The number of benzene rings is 1. The van der Waals surface area contributed by atoms with Crippen LogP contribution in [-0.4, -0.2) is 57.6 Å². The third-order valence-corrected chi connectivity index (χ3v) is 7.47. The predicted octanol–water partition coefficient (Wildman–Crippen LogP) is 1.49. The molecule has 1 saturated heterocycles. The molecule has 0 radical (unpaired) electrons. The first kappa shape index (κ1) is 18.9. The van der Waals surface area contributed by atoms with Crippen LogP contribution >= 0.6 is 0 Å². The molecule has 3 aliphatic rings. The predicted molar refractivity (Wildman–Crippen MR) is 102 cm³/mol. The minimum Gasteiger partial charge on any atom is -0.379 e. The maximum atomic E-state index is 12.9. The maximum absolute atomic E-state index is 12.9. The first-order valence-electron chi connectivity index (χ1n) is 9.74. The summed E-state index contributed by atoms with van der Waals surface area (Å²) in [6.45, 7) is 3.55. The number of carbonyl (C=O) groups excluding carboxylic acids is 1. The number of hydrogen-bond acceptors (Lipinski definition) is 5. The second-order valence-corrected chi connectivity index (χ2v) is 9.52. The highest BCUT2D eigenvalue weighted by Crippen LogP contribution is 2.34. The number of morpholine rings is 1. The van der Waals surface area contributed by atoms with Crippen molar-refractivity contribution in [3.63, 3.8) is 0 Å². The van der Waals surface area contributed by atoms with E-state index in [9.17, 15) is 13.2 Å². The van der Waals surface area contributed by atoms with E-state index in [4.69, 9.17) is 4.74 Å². The van der Waals surface area contributed by atoms with E-state index in [1.54, 1.807) is 18.2 Å². The van der Waals surface area contributed by atoms with E-state index in [2.05, 4.69) is 14.9 Å². The number of fused-ring (bicyclic) bond motifs is 1. The standard InChI is InChI=1S/C19H27N3O4S/c23-18-13-15-12-16(4-5-17(15)21-18)27(24,25)20-14-19(6-2-1-3-7-19)22-8-10-26-11-9-22/h4-5,12,20H,1-3,6-11,13-14H2,(H,21,23). The lowest BCUT2D eigenvalue weighted by Crippen LogP contribution is -2.59. The van der Waals surface area contributed by atoms with Crippen LogP contribution in [0.2, 0.25) is 0 Å². The van der Waals surface area contributed by atoms with Crippen LogP contribution in [0.25, 0.3) is 0 Å². The Morgan fingerprint density at radius 1 is 1.15 bits per heavy atom. The zero-order chi connectivity index (χ0) is 18.9. The van der Waals surface area contributed by atoms with Crippen LogP contribution in [0.3, 0.4) is 0 Å². The third kappa shape index (κ3) is 3.89. The van der Waals surface area contributed by atoms with Gasteiger partial charge in [0.1, 0.15) is 0 Å². The fourth-order valence-corrected chi connectivity index (χ4v) is 5.71. The summed E-state index contributed by atoms with van der Waals surface area (Å²) in [6, 6.07) is 4.85. The van der Waals surface area contributed by atoms with E-state index in [1.807, 2.05) is 0 Å². The van der Waals surface area contributed by atoms with Gasteiger partial charge >= 0.3 is 0 Å². The Kier molecular flexibility index (Phi) is 5.24. The fraction of sp³-hybridized carbons (Fsp3) is 0.632. The number of hydrogen-bond donors (Lipinski definition) is 2. The molecule has 2 N–H and O–H groups in total. The lowest BCUT2D eigenvalue weighted by atomic mass is 9.80. The highest BCUT2D eigenvalue weighted by Gasteiger charge is 2.39. The van der Waals surface area contributed by atoms with Crippen LogP contribution < -0.4 is 10.0 Å². The molecule has 2 fully saturated rings. The molecule has 148 valence electrons. The first-order chi connectivity index (χ1) is 13.0. The number of ether oxygens (including phenoxy) is 1. The Bertz CT molecular complexity index is 812. The van der Waals surface area contributed by atoms with Crippen molar-refractivity contribution in [2.75, 3.05) is 38.2 Å². The number of nitrogens with one attached hydrogen (secondary N) is 2. The number of rotatable bonds is 5. The smallest absolute Gasteiger partial charge is 0.240 e. The zero-order valence-electron chi connectivity index (χ0n) is 15.5. The lowest BCUT2D eigenvalue weighted by molar-refractivity contribution is -0.115. The van der Waals surface area contributed by atoms with Gasteiger partial charge in [0, 0.05) is 30.9 Å². The molecule has 1 aliphatic carbocycles. The van der Waals surface area contributed by atoms with Gasteiger partial charge in [-0.1, -0.05) is 19.3 Å². The van der Waals surface area contributed by atoms with Crippen LogP contribution in [0, 0.1) is 0 Å². The molecule has 0 aromatic heterocycles. The monoisotopic (exact) mass is 393 g/mol. The number of sulfonamides is 1. The van der Waals surface area contributed by atoms with E-state index in [0.29, 0.717) is 25.4 Å². The molecule has 0 bridgehead atoms. The average Bonchev–Trinajstić information content (AvgIpc) is 3.07. The van der Waals surface area contributed by atoms with Gasteiger partial charge in [-0.2, -0.15) is 0 Å². The summed E-state index contributed by atoms with van der Waals surface area (Å²) in [4.78, 5) is 14.2. The Labute approximate surface area is 160 Å². The Morgan fingerprint density at radius 3 is 2.63 bits per heavy atom. The molecule has 1 aromatic rings. The SMILES string of the molecule is O=C1Cc2cc(S(=O)(=O)NCC3(N4CCOCC4)CCCCC3)ccc2N1. The second-order valence-electron chi connectivity index (χ2n) is 7.75. The van der Waals surface area contributed by atoms with Crippen molar-refractivity contribution in [2.45, 2.75) is 49.0 Å². The Morgan fingerprint density at radius 2 is 1.89 bits per heavy atom. The molecular formula is C19H27N3O4S. The molecule has 7 nitrogen and oxygen atoms in total. The van der Waals surface area contributed by atoms with Crippen LogP contribution in [-0.2, 0) is 26.0 Å². The summed E-state index contributed by atoms with van der Waals surface area (Å²) >= 11 is 0. The van der Waals surface area contributed by atoms with Gasteiger partial charge in [0.05, 0.1) is 24.5 Å². The minimum absolute atomic E-state index is 0.0963. The molecule has 1 saturated carbocycles. The van der Waals surface area contributed by atoms with Gasteiger partial charge in [0.2, 0.25) is 15.9 Å². The summed E-state index contributed by atoms with van der Waals surface area (Å²) in [7, 11) is -3.62. The normalized spacial score (nSPS) is 23.0. The van der Waals surface area contributed by atoms with Crippen molar-refractivity contribution in [2.24, 2.45) is 0 Å². The topological polar surface area (TPSA) is 87.7 Å². The number of anilines is 1. The van der Waals surface area contributed by atoms with Crippen LogP contribution in [0.4, 0.5) is 5.69 Å². The molecule has 8 heteroatoms. The van der Waals surface area contributed by atoms with Crippen molar-refractivity contribution in [3.8, 4) is 0 Å². The van der Waals surface area contributed by atoms with E-state index in [1.165, 1.54) is 6.42 Å². The first-order valence-corrected chi connectivity index (χ1v) is 11.2. The van der Waals surface area contributed by atoms with E-state index < -0.39 is 10.0 Å². The zero-order valence-corrected chi connectivity index (χ0v) is 16.3. The quantitative estimate of drug-likeness (QED) is 0.792. The highest BCUT2D eigenvalue weighted by molar-refractivity contribution is 7.89. The second kappa shape index (κ2) is 7.50. The summed E-state index contributed by atoms with van der Waals surface area (Å²) in [5, 5.41) is 2.74. The Hall–Kier alpha value is -1.48. The summed E-state index contributed by atoms with van der Waals surface area (Å²) in [6.07, 6.45) is 5.73. The molecule has 1 amide bonds. The molecule has 0 atom stereocenters. The van der Waals surface area contributed by atoms with Gasteiger partial charge in [-0.3, -0.25) is 9.69 Å². The molecule has 2 heterocycles. The number of amides is 1. The molecule has 1 aromatic carbocycles. The van der Waals surface area contributed by atoms with E-state index in [0.717, 1.165) is 44.3 Å². The molecule has 4 rings (SSSR count). The summed E-state index contributed by atoms with van der Waals surface area (Å²) in [5.74, 6) is -0.0963. The molecular weight excluding hydrogens is 366 g/mol. The third-order valence-electron chi connectivity index (χ3n) is 6.07. The van der Waals surface area contributed by atoms with Gasteiger partial charge in [-0.15, -0.1) is 0 Å². The van der Waals surface area contributed by atoms with Gasteiger partial charge in [-0.05, 0) is 36.6 Å². The summed E-state index contributed by atoms with van der Waals surface area (Å²) in [5.41, 5.74) is 1.32. The van der Waals surface area contributed by atoms with Crippen molar-refractivity contribution in [1.29, 1.82) is 0 Å². The molecule has 0 spiro atoms. The summed E-state index contributed by atoms with van der Waals surface area (Å²) < 4.78 is 34.2. The number of nitrogens with zero attached hydrogens (tertiary/aromatic N) is 1. The maximum Gasteiger partial charge on any atom is 0.240 e. The van der Waals surface area contributed by atoms with Crippen molar-refractivity contribution >= 4 is 21.6 Å². The van der Waals surface area contributed by atoms with Crippen molar-refractivity contribution in [3.05, 3.63) is 23.8 Å². The number of carbonyl (C=O) groups is 1. The minimum atomic E-state index is -3.62. The van der Waals surface area contributed by atoms with Crippen LogP contribution in [0.1, 0.15) is 37.7 Å². The molecule has 27 heavy (non-hydrogen) atoms. The van der Waals surface area contributed by atoms with E-state index >= 15 is 0 Å². The van der Waals surface area contributed by atoms with Crippen LogP contribution in [0.15, 0.2) is 23.1 Å². The van der Waals surface area contributed by atoms with E-state index in [-0.39, 0.29) is 22.8 Å². The van der Waals surface area contributed by atoms with Gasteiger partial charge < -0.3 is 10.1 Å². The van der Waals surface area contributed by atoms with Gasteiger partial charge in [0.25, 0.3) is 0 Å². The Balaban J connectivity index is 1.51. The average molecular weight is 394 g/mol. The van der Waals surface area contributed by atoms with Gasteiger partial charge in [-0.25, -0.2) is 13.1 Å².